The van der Waals surface area contributed by atoms with Gasteiger partial charge >= 0.3 is 6.18 Å². The number of carbonyl (C=O) groups is 1. The second-order valence-electron chi connectivity index (χ2n) is 7.23. The minimum Gasteiger partial charge on any atom is -0.467 e. The van der Waals surface area contributed by atoms with Crippen LogP contribution in [0.3, 0.4) is 0 Å². The summed E-state index contributed by atoms with van der Waals surface area (Å²) in [5.41, 5.74) is -0.887. The molecular formula is C20H19ClF3N5O2. The Balaban J connectivity index is 1.35. The summed E-state index contributed by atoms with van der Waals surface area (Å²) in [6.07, 6.45) is 0.500. The van der Waals surface area contributed by atoms with Gasteiger partial charge in [-0.2, -0.15) is 18.3 Å². The van der Waals surface area contributed by atoms with Gasteiger partial charge in [0.25, 0.3) is 0 Å². The van der Waals surface area contributed by atoms with Gasteiger partial charge < -0.3 is 14.6 Å². The van der Waals surface area contributed by atoms with Crippen molar-refractivity contribution in [2.75, 3.05) is 23.3 Å². The molecule has 0 radical (unpaired) electrons. The molecule has 0 unspecified atom stereocenters. The molecule has 1 aliphatic rings. The van der Waals surface area contributed by atoms with E-state index in [0.29, 0.717) is 49.9 Å². The minimum atomic E-state index is -4.50. The molecule has 0 aliphatic carbocycles. The Morgan fingerprint density at radius 2 is 2.06 bits per heavy atom. The molecule has 1 saturated heterocycles. The predicted molar refractivity (Wildman–Crippen MR) is 108 cm³/mol. The molecule has 3 aromatic heterocycles. The van der Waals surface area contributed by atoms with Crippen LogP contribution in [0.15, 0.2) is 47.3 Å². The van der Waals surface area contributed by atoms with Gasteiger partial charge in [-0.05, 0) is 31.0 Å². The summed E-state index contributed by atoms with van der Waals surface area (Å²) in [5.74, 6) is 1.21. The average Bonchev–Trinajstić information content (AvgIpc) is 3.40. The topological polar surface area (TPSA) is 76.2 Å². The Morgan fingerprint density at radius 1 is 1.29 bits per heavy atom. The van der Waals surface area contributed by atoms with E-state index >= 15 is 0 Å². The van der Waals surface area contributed by atoms with Gasteiger partial charge in [-0.3, -0.25) is 4.79 Å². The van der Waals surface area contributed by atoms with Crippen LogP contribution in [0.4, 0.5) is 24.8 Å². The average molecular weight is 454 g/mol. The first kappa shape index (κ1) is 21.2. The number of rotatable bonds is 5. The third kappa shape index (κ3) is 4.84. The standard InChI is InChI=1S/C20H19ClF3N5O2/c21-16-10-14(20(22,23)24)11-25-18(16)28-7-4-13(5-8-28)19(30)27-17-3-6-26-29(17)12-15-2-1-9-31-15/h1-3,6,9-11,13H,4-5,7-8,12H2,(H,27,30). The predicted octanol–water partition coefficient (Wildman–Crippen LogP) is 4.45. The van der Waals surface area contributed by atoms with Crippen molar-refractivity contribution < 1.29 is 22.4 Å². The molecule has 3 aromatic rings. The molecule has 164 valence electrons. The molecule has 1 fully saturated rings. The van der Waals surface area contributed by atoms with E-state index in [1.807, 2.05) is 6.07 Å². The zero-order valence-corrected chi connectivity index (χ0v) is 17.0. The van der Waals surface area contributed by atoms with Gasteiger partial charge in [0.15, 0.2) is 0 Å². The van der Waals surface area contributed by atoms with Crippen LogP contribution in [0, 0.1) is 5.92 Å². The normalized spacial score (nSPS) is 15.3. The zero-order chi connectivity index (χ0) is 22.0. The van der Waals surface area contributed by atoms with E-state index in [-0.39, 0.29) is 16.8 Å². The molecule has 4 rings (SSSR count). The summed E-state index contributed by atoms with van der Waals surface area (Å²) in [4.78, 5) is 18.4. The highest BCUT2D eigenvalue weighted by Gasteiger charge is 2.33. The van der Waals surface area contributed by atoms with Crippen molar-refractivity contribution in [3.63, 3.8) is 0 Å². The van der Waals surface area contributed by atoms with Gasteiger partial charge in [-0.25, -0.2) is 9.67 Å². The maximum Gasteiger partial charge on any atom is 0.417 e. The highest BCUT2D eigenvalue weighted by atomic mass is 35.5. The van der Waals surface area contributed by atoms with E-state index < -0.39 is 11.7 Å². The van der Waals surface area contributed by atoms with Crippen molar-refractivity contribution in [3.8, 4) is 0 Å². The third-order valence-electron chi connectivity index (χ3n) is 5.17. The van der Waals surface area contributed by atoms with Crippen molar-refractivity contribution in [1.29, 1.82) is 0 Å². The van der Waals surface area contributed by atoms with Crippen LogP contribution in [0.2, 0.25) is 5.02 Å². The minimum absolute atomic E-state index is 0.0560. The van der Waals surface area contributed by atoms with Gasteiger partial charge in [-0.1, -0.05) is 11.6 Å². The quantitative estimate of drug-likeness (QED) is 0.617. The first-order chi connectivity index (χ1) is 14.8. The number of piperidine rings is 1. The number of aromatic nitrogens is 3. The molecule has 1 N–H and O–H groups in total. The number of hydrogen-bond donors (Lipinski definition) is 1. The summed E-state index contributed by atoms with van der Waals surface area (Å²) < 4.78 is 45.4. The number of alkyl halides is 3. The summed E-state index contributed by atoms with van der Waals surface area (Å²) >= 11 is 6.04. The second kappa shape index (κ2) is 8.62. The molecule has 0 saturated carbocycles. The summed E-state index contributed by atoms with van der Waals surface area (Å²) in [7, 11) is 0. The summed E-state index contributed by atoms with van der Waals surface area (Å²) in [6, 6.07) is 6.19. The van der Waals surface area contributed by atoms with E-state index in [0.717, 1.165) is 12.3 Å². The first-order valence-electron chi connectivity index (χ1n) is 9.64. The van der Waals surface area contributed by atoms with Gasteiger partial charge in [0, 0.05) is 31.3 Å². The Hall–Kier alpha value is -3.01. The van der Waals surface area contributed by atoms with Crippen LogP contribution in [-0.4, -0.2) is 33.8 Å². The lowest BCUT2D eigenvalue weighted by Crippen LogP contribution is -2.39. The molecule has 1 aliphatic heterocycles. The number of pyridine rings is 1. The van der Waals surface area contributed by atoms with Gasteiger partial charge in [0.1, 0.15) is 23.9 Å². The van der Waals surface area contributed by atoms with E-state index in [4.69, 9.17) is 16.0 Å². The third-order valence-corrected chi connectivity index (χ3v) is 5.45. The van der Waals surface area contributed by atoms with Crippen LogP contribution >= 0.6 is 11.6 Å². The fraction of sp³-hybridized carbons (Fsp3) is 0.350. The number of halogens is 4. The fourth-order valence-corrected chi connectivity index (χ4v) is 3.80. The molecular weight excluding hydrogens is 435 g/mol. The van der Waals surface area contributed by atoms with Crippen LogP contribution in [0.1, 0.15) is 24.2 Å². The van der Waals surface area contributed by atoms with Gasteiger partial charge in [0.2, 0.25) is 5.91 Å². The van der Waals surface area contributed by atoms with Crippen molar-refractivity contribution in [3.05, 3.63) is 59.3 Å². The van der Waals surface area contributed by atoms with Crippen LogP contribution in [-0.2, 0) is 17.5 Å². The molecule has 1 amide bonds. The van der Waals surface area contributed by atoms with E-state index in [1.54, 1.807) is 34.2 Å². The molecule has 0 bridgehead atoms. The lowest BCUT2D eigenvalue weighted by Gasteiger charge is -2.32. The van der Waals surface area contributed by atoms with Gasteiger partial charge in [0.05, 0.1) is 23.0 Å². The van der Waals surface area contributed by atoms with Crippen LogP contribution < -0.4 is 10.2 Å². The zero-order valence-electron chi connectivity index (χ0n) is 16.3. The van der Waals surface area contributed by atoms with Crippen LogP contribution in [0.25, 0.3) is 0 Å². The second-order valence-corrected chi connectivity index (χ2v) is 7.64. The smallest absolute Gasteiger partial charge is 0.417 e. The van der Waals surface area contributed by atoms with Crippen molar-refractivity contribution in [2.45, 2.75) is 25.6 Å². The van der Waals surface area contributed by atoms with Crippen LogP contribution in [0.5, 0.6) is 0 Å². The Labute approximate surface area is 180 Å². The number of carbonyl (C=O) groups excluding carboxylic acids is 1. The molecule has 31 heavy (non-hydrogen) atoms. The lowest BCUT2D eigenvalue weighted by molar-refractivity contribution is -0.137. The highest BCUT2D eigenvalue weighted by Crippen LogP contribution is 2.34. The summed E-state index contributed by atoms with van der Waals surface area (Å²) in [6.45, 7) is 1.32. The maximum absolute atomic E-state index is 12.8. The highest BCUT2D eigenvalue weighted by molar-refractivity contribution is 6.33. The molecule has 11 heteroatoms. The first-order valence-corrected chi connectivity index (χ1v) is 10.0. The molecule has 0 aromatic carbocycles. The van der Waals surface area contributed by atoms with Crippen molar-refractivity contribution >= 4 is 29.1 Å². The molecule has 0 spiro atoms. The van der Waals surface area contributed by atoms with Crippen molar-refractivity contribution in [1.82, 2.24) is 14.8 Å². The monoisotopic (exact) mass is 453 g/mol. The fourth-order valence-electron chi connectivity index (χ4n) is 3.52. The SMILES string of the molecule is O=C(Nc1ccnn1Cc1ccco1)C1CCN(c2ncc(C(F)(F)F)cc2Cl)CC1. The number of nitrogens with zero attached hydrogens (tertiary/aromatic N) is 4. The number of nitrogens with one attached hydrogen (secondary N) is 1. The molecule has 4 heterocycles. The molecule has 0 atom stereocenters. The van der Waals surface area contributed by atoms with Crippen molar-refractivity contribution in [2.24, 2.45) is 5.92 Å². The van der Waals surface area contributed by atoms with E-state index in [9.17, 15) is 18.0 Å². The van der Waals surface area contributed by atoms with E-state index in [1.165, 1.54) is 0 Å². The Kier molecular flexibility index (Phi) is 5.90. The number of furan rings is 1. The number of anilines is 2. The Bertz CT molecular complexity index is 1040. The van der Waals surface area contributed by atoms with Gasteiger partial charge in [-0.15, -0.1) is 0 Å². The lowest BCUT2D eigenvalue weighted by atomic mass is 9.96. The Morgan fingerprint density at radius 3 is 2.71 bits per heavy atom. The number of amides is 1. The van der Waals surface area contributed by atoms with E-state index in [2.05, 4.69) is 15.4 Å². The number of hydrogen-bond acceptors (Lipinski definition) is 5. The molecule has 7 nitrogen and oxygen atoms in total. The summed E-state index contributed by atoms with van der Waals surface area (Å²) in [5, 5.41) is 7.05. The maximum atomic E-state index is 12.8. The largest absolute Gasteiger partial charge is 0.467 e.